The predicted octanol–water partition coefficient (Wildman–Crippen LogP) is 2.09. The van der Waals surface area contributed by atoms with Gasteiger partial charge in [-0.3, -0.25) is 0 Å². The zero-order valence-corrected chi connectivity index (χ0v) is 10.4. The Morgan fingerprint density at radius 1 is 1.29 bits per heavy atom. The van der Waals surface area contributed by atoms with E-state index in [0.717, 1.165) is 18.5 Å². The lowest BCUT2D eigenvalue weighted by Gasteiger charge is -2.39. The van der Waals surface area contributed by atoms with Gasteiger partial charge in [-0.1, -0.05) is 30.3 Å². The summed E-state index contributed by atoms with van der Waals surface area (Å²) in [5.41, 5.74) is 7.68. The quantitative estimate of drug-likeness (QED) is 0.834. The van der Waals surface area contributed by atoms with Crippen molar-refractivity contribution >= 4 is 0 Å². The van der Waals surface area contributed by atoms with Crippen LogP contribution in [0.5, 0.6) is 0 Å². The summed E-state index contributed by atoms with van der Waals surface area (Å²) in [7, 11) is 0. The number of nitrogens with two attached hydrogens (primary N) is 1. The second-order valence-corrected chi connectivity index (χ2v) is 5.86. The van der Waals surface area contributed by atoms with Crippen molar-refractivity contribution in [3.8, 4) is 0 Å². The Labute approximate surface area is 104 Å². The number of rotatable bonds is 3. The molecule has 2 heteroatoms. The Morgan fingerprint density at radius 3 is 2.88 bits per heavy atom. The minimum Gasteiger partial charge on any atom is -0.330 e. The molecule has 2 bridgehead atoms. The van der Waals surface area contributed by atoms with Crippen LogP contribution < -0.4 is 11.1 Å². The van der Waals surface area contributed by atoms with Crippen LogP contribution in [-0.2, 0) is 6.42 Å². The molecule has 3 unspecified atom stereocenters. The van der Waals surface area contributed by atoms with E-state index in [1.54, 1.807) is 0 Å². The predicted molar refractivity (Wildman–Crippen MR) is 70.8 cm³/mol. The molecule has 1 aromatic carbocycles. The maximum Gasteiger partial charge on any atom is 0.0228 e. The summed E-state index contributed by atoms with van der Waals surface area (Å²) >= 11 is 0. The summed E-state index contributed by atoms with van der Waals surface area (Å²) in [5, 5.41) is 3.86. The van der Waals surface area contributed by atoms with Crippen molar-refractivity contribution in [2.45, 2.75) is 43.7 Å². The standard InChI is InChI=1S/C15H22N2/c16-11-13-8-14-6-7-15(10-13,17-14)9-12-4-2-1-3-5-12/h1-5,13-14,17H,6-11,16H2. The average molecular weight is 230 g/mol. The van der Waals surface area contributed by atoms with Gasteiger partial charge >= 0.3 is 0 Å². The second kappa shape index (κ2) is 4.43. The summed E-state index contributed by atoms with van der Waals surface area (Å²) in [6.45, 7) is 0.856. The number of nitrogens with one attached hydrogen (secondary N) is 1. The van der Waals surface area contributed by atoms with Crippen LogP contribution in [0.4, 0.5) is 0 Å². The smallest absolute Gasteiger partial charge is 0.0228 e. The van der Waals surface area contributed by atoms with Crippen molar-refractivity contribution in [2.75, 3.05) is 6.54 Å². The third-order valence-electron chi connectivity index (χ3n) is 4.50. The first kappa shape index (κ1) is 11.2. The monoisotopic (exact) mass is 230 g/mol. The van der Waals surface area contributed by atoms with Crippen LogP contribution in [0.25, 0.3) is 0 Å². The highest BCUT2D eigenvalue weighted by atomic mass is 15.1. The van der Waals surface area contributed by atoms with E-state index in [4.69, 9.17) is 5.73 Å². The number of hydrogen-bond acceptors (Lipinski definition) is 2. The summed E-state index contributed by atoms with van der Waals surface area (Å²) in [4.78, 5) is 0. The molecule has 1 aromatic rings. The molecule has 2 aliphatic heterocycles. The first-order valence-electron chi connectivity index (χ1n) is 6.81. The Hall–Kier alpha value is -0.860. The van der Waals surface area contributed by atoms with Gasteiger partial charge < -0.3 is 11.1 Å². The Kier molecular flexibility index (Phi) is 2.93. The van der Waals surface area contributed by atoms with Gasteiger partial charge in [0.25, 0.3) is 0 Å². The molecule has 3 atom stereocenters. The highest BCUT2D eigenvalue weighted by Gasteiger charge is 2.44. The molecule has 2 aliphatic rings. The Morgan fingerprint density at radius 2 is 2.12 bits per heavy atom. The van der Waals surface area contributed by atoms with E-state index in [1.807, 2.05) is 0 Å². The van der Waals surface area contributed by atoms with Gasteiger partial charge in [-0.2, -0.15) is 0 Å². The van der Waals surface area contributed by atoms with E-state index in [2.05, 4.69) is 35.6 Å². The molecule has 17 heavy (non-hydrogen) atoms. The number of piperidine rings is 1. The van der Waals surface area contributed by atoms with E-state index < -0.39 is 0 Å². The molecule has 0 spiro atoms. The zero-order valence-electron chi connectivity index (χ0n) is 10.4. The fourth-order valence-electron chi connectivity index (χ4n) is 3.78. The van der Waals surface area contributed by atoms with Gasteiger partial charge in [0.2, 0.25) is 0 Å². The van der Waals surface area contributed by atoms with E-state index in [9.17, 15) is 0 Å². The average Bonchev–Trinajstić information content (AvgIpc) is 2.65. The molecule has 2 fully saturated rings. The zero-order chi connectivity index (χ0) is 11.7. The maximum atomic E-state index is 5.88. The van der Waals surface area contributed by atoms with Gasteiger partial charge in [0.1, 0.15) is 0 Å². The molecule has 0 aliphatic carbocycles. The van der Waals surface area contributed by atoms with Crippen molar-refractivity contribution in [2.24, 2.45) is 11.7 Å². The molecule has 2 nitrogen and oxygen atoms in total. The van der Waals surface area contributed by atoms with Gasteiger partial charge in [-0.25, -0.2) is 0 Å². The second-order valence-electron chi connectivity index (χ2n) is 5.86. The van der Waals surface area contributed by atoms with Gasteiger partial charge in [-0.15, -0.1) is 0 Å². The molecule has 0 aromatic heterocycles. The third-order valence-corrected chi connectivity index (χ3v) is 4.50. The Balaban J connectivity index is 1.77. The van der Waals surface area contributed by atoms with Crippen LogP contribution in [0.1, 0.15) is 31.2 Å². The topological polar surface area (TPSA) is 38.0 Å². The van der Waals surface area contributed by atoms with Crippen molar-refractivity contribution in [3.05, 3.63) is 35.9 Å². The molecular formula is C15H22N2. The highest BCUT2D eigenvalue weighted by Crippen LogP contribution is 2.40. The fraction of sp³-hybridized carbons (Fsp3) is 0.600. The van der Waals surface area contributed by atoms with Crippen LogP contribution in [0, 0.1) is 5.92 Å². The summed E-state index contributed by atoms with van der Waals surface area (Å²) < 4.78 is 0. The lowest BCUT2D eigenvalue weighted by atomic mass is 9.79. The normalized spacial score (nSPS) is 36.1. The van der Waals surface area contributed by atoms with E-state index in [0.29, 0.717) is 5.54 Å². The summed E-state index contributed by atoms with van der Waals surface area (Å²) in [6, 6.07) is 11.6. The van der Waals surface area contributed by atoms with Crippen molar-refractivity contribution in [1.29, 1.82) is 0 Å². The van der Waals surface area contributed by atoms with Crippen LogP contribution in [0.3, 0.4) is 0 Å². The highest BCUT2D eigenvalue weighted by molar-refractivity contribution is 5.20. The lowest BCUT2D eigenvalue weighted by Crippen LogP contribution is -2.51. The lowest BCUT2D eigenvalue weighted by molar-refractivity contribution is 0.211. The molecule has 2 saturated heterocycles. The number of hydrogen-bond donors (Lipinski definition) is 2. The van der Waals surface area contributed by atoms with Crippen molar-refractivity contribution < 1.29 is 0 Å². The van der Waals surface area contributed by atoms with E-state index >= 15 is 0 Å². The van der Waals surface area contributed by atoms with Crippen molar-refractivity contribution in [3.63, 3.8) is 0 Å². The molecule has 92 valence electrons. The first-order chi connectivity index (χ1) is 8.30. The van der Waals surface area contributed by atoms with Crippen LogP contribution >= 0.6 is 0 Å². The molecule has 0 radical (unpaired) electrons. The van der Waals surface area contributed by atoms with Crippen LogP contribution in [0.2, 0.25) is 0 Å². The molecule has 3 N–H and O–H groups in total. The molecular weight excluding hydrogens is 208 g/mol. The largest absolute Gasteiger partial charge is 0.330 e. The SMILES string of the molecule is NCC1CC2CCC(Cc3ccccc3)(C1)N2. The van der Waals surface area contributed by atoms with Gasteiger partial charge in [0, 0.05) is 11.6 Å². The number of fused-ring (bicyclic) bond motifs is 2. The van der Waals surface area contributed by atoms with E-state index in [1.165, 1.54) is 37.7 Å². The Bertz CT molecular complexity index is 376. The number of benzene rings is 1. The molecule has 0 amide bonds. The maximum absolute atomic E-state index is 5.88. The third kappa shape index (κ3) is 2.24. The van der Waals surface area contributed by atoms with Gasteiger partial charge in [0.15, 0.2) is 0 Å². The summed E-state index contributed by atoms with van der Waals surface area (Å²) in [6.07, 6.45) is 6.37. The van der Waals surface area contributed by atoms with Crippen LogP contribution in [-0.4, -0.2) is 18.1 Å². The van der Waals surface area contributed by atoms with Gasteiger partial charge in [-0.05, 0) is 50.1 Å². The minimum atomic E-state index is 0.342. The van der Waals surface area contributed by atoms with Crippen LogP contribution in [0.15, 0.2) is 30.3 Å². The van der Waals surface area contributed by atoms with Crippen molar-refractivity contribution in [1.82, 2.24) is 5.32 Å². The minimum absolute atomic E-state index is 0.342. The molecule has 2 heterocycles. The van der Waals surface area contributed by atoms with Gasteiger partial charge in [0.05, 0.1) is 0 Å². The molecule has 3 rings (SSSR count). The first-order valence-corrected chi connectivity index (χ1v) is 6.81. The van der Waals surface area contributed by atoms with E-state index in [-0.39, 0.29) is 0 Å². The molecule has 0 saturated carbocycles. The fourth-order valence-corrected chi connectivity index (χ4v) is 3.78. The summed E-state index contributed by atoms with van der Waals surface area (Å²) in [5.74, 6) is 0.729.